The van der Waals surface area contributed by atoms with Crippen LogP contribution in [0.15, 0.2) is 18.2 Å². The molecule has 16 heavy (non-hydrogen) atoms. The highest BCUT2D eigenvalue weighted by atomic mass is 35.5. The predicted molar refractivity (Wildman–Crippen MR) is 71.7 cm³/mol. The van der Waals surface area contributed by atoms with Crippen molar-refractivity contribution in [3.05, 3.63) is 28.8 Å². The fourth-order valence-corrected chi connectivity index (χ4v) is 2.03. The van der Waals surface area contributed by atoms with Crippen molar-refractivity contribution >= 4 is 17.3 Å². The summed E-state index contributed by atoms with van der Waals surface area (Å²) in [5.74, 6) is 0. The number of hydrogen-bond acceptors (Lipinski definition) is 2. The molecule has 0 aliphatic heterocycles. The molecule has 1 unspecified atom stereocenters. The molecule has 1 rings (SSSR count). The Morgan fingerprint density at radius 2 is 2.12 bits per heavy atom. The molecule has 1 aromatic rings. The van der Waals surface area contributed by atoms with Gasteiger partial charge in [0, 0.05) is 28.9 Å². The van der Waals surface area contributed by atoms with Crippen LogP contribution in [0.3, 0.4) is 0 Å². The molecule has 3 heteroatoms. The summed E-state index contributed by atoms with van der Waals surface area (Å²) in [5.41, 5.74) is 7.75. The molecule has 0 saturated carbocycles. The fraction of sp³-hybridized carbons (Fsp3) is 0.538. The van der Waals surface area contributed by atoms with Crippen LogP contribution in [0.2, 0.25) is 5.02 Å². The molecule has 0 heterocycles. The predicted octanol–water partition coefficient (Wildman–Crippen LogP) is 3.54. The highest BCUT2D eigenvalue weighted by molar-refractivity contribution is 6.31. The van der Waals surface area contributed by atoms with Crippen LogP contribution in [0.4, 0.5) is 5.69 Å². The van der Waals surface area contributed by atoms with Crippen molar-refractivity contribution in [1.29, 1.82) is 0 Å². The van der Waals surface area contributed by atoms with Gasteiger partial charge in [0.25, 0.3) is 0 Å². The lowest BCUT2D eigenvalue weighted by Crippen LogP contribution is -2.28. The SMILES string of the molecule is CCCC(C)N(C)Cc1c(N)cccc1Cl. The standard InChI is InChI=1S/C13H21ClN2/c1-4-6-10(2)16(3)9-11-12(14)7-5-8-13(11)15/h5,7-8,10H,4,6,9,15H2,1-3H3. The van der Waals surface area contributed by atoms with E-state index < -0.39 is 0 Å². The minimum atomic E-state index is 0.556. The number of rotatable bonds is 5. The minimum Gasteiger partial charge on any atom is -0.398 e. The summed E-state index contributed by atoms with van der Waals surface area (Å²) < 4.78 is 0. The van der Waals surface area contributed by atoms with E-state index in [2.05, 4.69) is 25.8 Å². The van der Waals surface area contributed by atoms with Crippen LogP contribution in [0.5, 0.6) is 0 Å². The number of halogens is 1. The van der Waals surface area contributed by atoms with E-state index >= 15 is 0 Å². The van der Waals surface area contributed by atoms with Gasteiger partial charge in [-0.25, -0.2) is 0 Å². The number of benzene rings is 1. The summed E-state index contributed by atoms with van der Waals surface area (Å²) in [7, 11) is 2.11. The molecule has 0 radical (unpaired) electrons. The van der Waals surface area contributed by atoms with Crippen LogP contribution >= 0.6 is 11.6 Å². The van der Waals surface area contributed by atoms with Gasteiger partial charge in [0.2, 0.25) is 0 Å². The fourth-order valence-electron chi connectivity index (χ4n) is 1.79. The van der Waals surface area contributed by atoms with E-state index in [1.165, 1.54) is 12.8 Å². The van der Waals surface area contributed by atoms with Gasteiger partial charge in [0.05, 0.1) is 0 Å². The third-order valence-corrected chi connectivity index (χ3v) is 3.38. The van der Waals surface area contributed by atoms with Crippen molar-refractivity contribution in [2.45, 2.75) is 39.3 Å². The summed E-state index contributed by atoms with van der Waals surface area (Å²) in [6.45, 7) is 5.25. The summed E-state index contributed by atoms with van der Waals surface area (Å²) in [6, 6.07) is 6.24. The zero-order valence-electron chi connectivity index (χ0n) is 10.3. The van der Waals surface area contributed by atoms with Gasteiger partial charge >= 0.3 is 0 Å². The number of hydrogen-bond donors (Lipinski definition) is 1. The third-order valence-electron chi connectivity index (χ3n) is 3.02. The van der Waals surface area contributed by atoms with E-state index in [1.807, 2.05) is 18.2 Å². The maximum Gasteiger partial charge on any atom is 0.0471 e. The highest BCUT2D eigenvalue weighted by Crippen LogP contribution is 2.24. The monoisotopic (exact) mass is 240 g/mol. The maximum atomic E-state index is 6.15. The van der Waals surface area contributed by atoms with Gasteiger partial charge in [-0.2, -0.15) is 0 Å². The van der Waals surface area contributed by atoms with Crippen LogP contribution in [0.25, 0.3) is 0 Å². The van der Waals surface area contributed by atoms with Gasteiger partial charge in [-0.3, -0.25) is 4.90 Å². The van der Waals surface area contributed by atoms with E-state index in [0.29, 0.717) is 6.04 Å². The van der Waals surface area contributed by atoms with Crippen LogP contribution < -0.4 is 5.73 Å². The molecule has 0 bridgehead atoms. The first-order valence-electron chi connectivity index (χ1n) is 5.79. The molecule has 0 spiro atoms. The summed E-state index contributed by atoms with van der Waals surface area (Å²) in [4.78, 5) is 2.29. The summed E-state index contributed by atoms with van der Waals surface area (Å²) in [5, 5.41) is 0.760. The van der Waals surface area contributed by atoms with Gasteiger partial charge in [0.1, 0.15) is 0 Å². The first-order valence-corrected chi connectivity index (χ1v) is 6.17. The van der Waals surface area contributed by atoms with Gasteiger partial charge < -0.3 is 5.73 Å². The molecule has 2 nitrogen and oxygen atoms in total. The average molecular weight is 241 g/mol. The topological polar surface area (TPSA) is 29.3 Å². The first kappa shape index (κ1) is 13.3. The molecule has 0 aliphatic rings. The number of nitrogens with two attached hydrogens (primary N) is 1. The van der Waals surface area contributed by atoms with Crippen LogP contribution in [-0.4, -0.2) is 18.0 Å². The van der Waals surface area contributed by atoms with E-state index in [1.54, 1.807) is 0 Å². The Labute approximate surface area is 103 Å². The average Bonchev–Trinajstić information content (AvgIpc) is 2.23. The third kappa shape index (κ3) is 3.39. The summed E-state index contributed by atoms with van der Waals surface area (Å²) >= 11 is 6.15. The Bertz CT molecular complexity index is 318. The Morgan fingerprint density at radius 1 is 1.44 bits per heavy atom. The normalized spacial score (nSPS) is 13.1. The minimum absolute atomic E-state index is 0.556. The Morgan fingerprint density at radius 3 is 2.69 bits per heavy atom. The Kier molecular flexibility index (Phi) is 5.10. The second-order valence-electron chi connectivity index (χ2n) is 4.36. The Hall–Kier alpha value is -0.730. The molecular formula is C13H21ClN2. The zero-order chi connectivity index (χ0) is 12.1. The number of anilines is 1. The smallest absolute Gasteiger partial charge is 0.0471 e. The van der Waals surface area contributed by atoms with Crippen molar-refractivity contribution in [3.63, 3.8) is 0 Å². The molecule has 0 aliphatic carbocycles. The quantitative estimate of drug-likeness (QED) is 0.798. The van der Waals surface area contributed by atoms with Gasteiger partial charge in [-0.1, -0.05) is 31.0 Å². The van der Waals surface area contributed by atoms with Crippen molar-refractivity contribution in [3.8, 4) is 0 Å². The van der Waals surface area contributed by atoms with E-state index in [0.717, 1.165) is 22.8 Å². The molecule has 1 aromatic carbocycles. The zero-order valence-corrected chi connectivity index (χ0v) is 11.1. The highest BCUT2D eigenvalue weighted by Gasteiger charge is 2.12. The number of nitrogens with zero attached hydrogens (tertiary/aromatic N) is 1. The van der Waals surface area contributed by atoms with E-state index in [9.17, 15) is 0 Å². The first-order chi connectivity index (χ1) is 7.56. The lowest BCUT2D eigenvalue weighted by atomic mass is 10.1. The van der Waals surface area contributed by atoms with Gasteiger partial charge in [-0.05, 0) is 32.5 Å². The number of nitrogen functional groups attached to an aromatic ring is 1. The molecule has 0 saturated heterocycles. The molecule has 0 aromatic heterocycles. The van der Waals surface area contributed by atoms with E-state index in [-0.39, 0.29) is 0 Å². The molecular weight excluding hydrogens is 220 g/mol. The van der Waals surface area contributed by atoms with Crippen molar-refractivity contribution in [2.75, 3.05) is 12.8 Å². The Balaban J connectivity index is 2.72. The van der Waals surface area contributed by atoms with Crippen LogP contribution in [0, 0.1) is 0 Å². The largest absolute Gasteiger partial charge is 0.398 e. The van der Waals surface area contributed by atoms with Crippen LogP contribution in [0.1, 0.15) is 32.3 Å². The molecule has 0 fully saturated rings. The van der Waals surface area contributed by atoms with Gasteiger partial charge in [0.15, 0.2) is 0 Å². The molecule has 2 N–H and O–H groups in total. The maximum absolute atomic E-state index is 6.15. The van der Waals surface area contributed by atoms with Crippen molar-refractivity contribution in [1.82, 2.24) is 4.90 Å². The van der Waals surface area contributed by atoms with Crippen molar-refractivity contribution < 1.29 is 0 Å². The second-order valence-corrected chi connectivity index (χ2v) is 4.77. The molecule has 0 amide bonds. The second kappa shape index (κ2) is 6.12. The molecule has 1 atom stereocenters. The van der Waals surface area contributed by atoms with Crippen molar-refractivity contribution in [2.24, 2.45) is 0 Å². The van der Waals surface area contributed by atoms with Crippen LogP contribution in [-0.2, 0) is 6.54 Å². The lowest BCUT2D eigenvalue weighted by Gasteiger charge is -2.25. The summed E-state index contributed by atoms with van der Waals surface area (Å²) in [6.07, 6.45) is 2.39. The lowest BCUT2D eigenvalue weighted by molar-refractivity contribution is 0.237. The molecule has 90 valence electrons. The van der Waals surface area contributed by atoms with Gasteiger partial charge in [-0.15, -0.1) is 0 Å². The van der Waals surface area contributed by atoms with E-state index in [4.69, 9.17) is 17.3 Å².